The molecule has 15 heavy (non-hydrogen) atoms. The van der Waals surface area contributed by atoms with Crippen molar-refractivity contribution in [2.24, 2.45) is 5.73 Å². The van der Waals surface area contributed by atoms with Gasteiger partial charge in [-0.2, -0.15) is 0 Å². The van der Waals surface area contributed by atoms with E-state index in [1.165, 1.54) is 31.3 Å². The van der Waals surface area contributed by atoms with Gasteiger partial charge in [0.1, 0.15) is 0 Å². The lowest BCUT2D eigenvalue weighted by Crippen LogP contribution is -2.41. The third-order valence-electron chi connectivity index (χ3n) is 2.97. The Morgan fingerprint density at radius 2 is 2.40 bits per heavy atom. The topological polar surface area (TPSA) is 55.1 Å². The molecule has 0 spiro atoms. The highest BCUT2D eigenvalue weighted by molar-refractivity contribution is 5.79. The Morgan fingerprint density at radius 1 is 1.60 bits per heavy atom. The van der Waals surface area contributed by atoms with E-state index in [1.807, 2.05) is 6.92 Å². The molecule has 0 aromatic heterocycles. The number of amides is 1. The number of nitrogens with one attached hydrogen (secondary N) is 1. The van der Waals surface area contributed by atoms with Crippen LogP contribution in [0.15, 0.2) is 11.6 Å². The highest BCUT2D eigenvalue weighted by Crippen LogP contribution is 2.19. The first-order valence-electron chi connectivity index (χ1n) is 5.94. The molecule has 0 saturated carbocycles. The highest BCUT2D eigenvalue weighted by Gasteiger charge is 2.11. The molecule has 1 atom stereocenters. The van der Waals surface area contributed by atoms with Crippen molar-refractivity contribution < 1.29 is 4.79 Å². The summed E-state index contributed by atoms with van der Waals surface area (Å²) in [5.41, 5.74) is 6.79. The van der Waals surface area contributed by atoms with Crippen LogP contribution in [0.2, 0.25) is 0 Å². The molecule has 0 aromatic rings. The molecule has 3 N–H and O–H groups in total. The molecule has 0 saturated heterocycles. The molecular weight excluding hydrogens is 188 g/mol. The van der Waals surface area contributed by atoms with Crippen molar-refractivity contribution in [2.45, 2.75) is 51.5 Å². The van der Waals surface area contributed by atoms with Gasteiger partial charge in [-0.3, -0.25) is 4.79 Å². The van der Waals surface area contributed by atoms with Gasteiger partial charge in [0.05, 0.1) is 6.04 Å². The number of primary amides is 1. The molecule has 1 rings (SSSR count). The minimum Gasteiger partial charge on any atom is -0.368 e. The number of rotatable bonds is 6. The molecule has 0 aliphatic heterocycles. The molecule has 0 radical (unpaired) electrons. The highest BCUT2D eigenvalue weighted by atomic mass is 16.1. The van der Waals surface area contributed by atoms with E-state index in [0.717, 1.165) is 19.4 Å². The average Bonchev–Trinajstić information content (AvgIpc) is 2.25. The third kappa shape index (κ3) is 4.47. The van der Waals surface area contributed by atoms with Gasteiger partial charge in [0.25, 0.3) is 0 Å². The van der Waals surface area contributed by atoms with Crippen molar-refractivity contribution in [3.05, 3.63) is 11.6 Å². The van der Waals surface area contributed by atoms with E-state index in [9.17, 15) is 4.79 Å². The summed E-state index contributed by atoms with van der Waals surface area (Å²) in [4.78, 5) is 11.0. The zero-order valence-electron chi connectivity index (χ0n) is 9.59. The van der Waals surface area contributed by atoms with Crippen molar-refractivity contribution in [2.75, 3.05) is 6.54 Å². The van der Waals surface area contributed by atoms with Crippen LogP contribution < -0.4 is 11.1 Å². The summed E-state index contributed by atoms with van der Waals surface area (Å²) in [5.74, 6) is -0.241. The van der Waals surface area contributed by atoms with Gasteiger partial charge in [-0.25, -0.2) is 0 Å². The molecule has 1 unspecified atom stereocenters. The molecule has 0 fully saturated rings. The Balaban J connectivity index is 2.19. The van der Waals surface area contributed by atoms with E-state index in [2.05, 4.69) is 11.4 Å². The first kappa shape index (κ1) is 12.2. The van der Waals surface area contributed by atoms with Gasteiger partial charge < -0.3 is 11.1 Å². The summed E-state index contributed by atoms with van der Waals surface area (Å²) < 4.78 is 0. The second kappa shape index (κ2) is 6.62. The SMILES string of the molecule is CCC(NCCC1=CCCCC1)C(N)=O. The molecule has 1 aliphatic carbocycles. The fourth-order valence-corrected chi connectivity index (χ4v) is 1.98. The van der Waals surface area contributed by atoms with E-state index in [-0.39, 0.29) is 11.9 Å². The number of hydrogen-bond acceptors (Lipinski definition) is 2. The number of nitrogens with two attached hydrogens (primary N) is 1. The first-order valence-corrected chi connectivity index (χ1v) is 5.94. The zero-order chi connectivity index (χ0) is 11.1. The lowest BCUT2D eigenvalue weighted by atomic mass is 9.97. The maximum Gasteiger partial charge on any atom is 0.234 e. The fourth-order valence-electron chi connectivity index (χ4n) is 1.98. The van der Waals surface area contributed by atoms with Crippen molar-refractivity contribution in [1.82, 2.24) is 5.32 Å². The zero-order valence-corrected chi connectivity index (χ0v) is 9.59. The van der Waals surface area contributed by atoms with Crippen molar-refractivity contribution in [3.8, 4) is 0 Å². The number of hydrogen-bond donors (Lipinski definition) is 2. The van der Waals surface area contributed by atoms with Crippen LogP contribution in [0.3, 0.4) is 0 Å². The van der Waals surface area contributed by atoms with Gasteiger partial charge >= 0.3 is 0 Å². The maximum absolute atomic E-state index is 11.0. The maximum atomic E-state index is 11.0. The summed E-state index contributed by atoms with van der Waals surface area (Å²) in [6, 6.07) is -0.158. The van der Waals surface area contributed by atoms with Gasteiger partial charge in [0.15, 0.2) is 0 Å². The summed E-state index contributed by atoms with van der Waals surface area (Å²) >= 11 is 0. The lowest BCUT2D eigenvalue weighted by Gasteiger charge is -2.16. The summed E-state index contributed by atoms with van der Waals surface area (Å²) in [5, 5.41) is 3.20. The smallest absolute Gasteiger partial charge is 0.234 e. The van der Waals surface area contributed by atoms with Crippen LogP contribution in [0.5, 0.6) is 0 Å². The largest absolute Gasteiger partial charge is 0.368 e. The monoisotopic (exact) mass is 210 g/mol. The van der Waals surface area contributed by atoms with Gasteiger partial charge in [-0.1, -0.05) is 18.6 Å². The van der Waals surface area contributed by atoms with Crippen LogP contribution in [0, 0.1) is 0 Å². The Bertz CT molecular complexity index is 236. The van der Waals surface area contributed by atoms with E-state index >= 15 is 0 Å². The molecule has 0 bridgehead atoms. The molecule has 86 valence electrons. The van der Waals surface area contributed by atoms with Crippen LogP contribution >= 0.6 is 0 Å². The van der Waals surface area contributed by atoms with E-state index in [0.29, 0.717) is 0 Å². The summed E-state index contributed by atoms with van der Waals surface area (Å²) in [7, 11) is 0. The second-order valence-electron chi connectivity index (χ2n) is 4.18. The molecular formula is C12H22N2O. The summed E-state index contributed by atoms with van der Waals surface area (Å²) in [6.07, 6.45) is 9.28. The predicted molar refractivity (Wildman–Crippen MR) is 62.4 cm³/mol. The molecule has 3 nitrogen and oxygen atoms in total. The first-order chi connectivity index (χ1) is 7.24. The van der Waals surface area contributed by atoms with Crippen molar-refractivity contribution >= 4 is 5.91 Å². The van der Waals surface area contributed by atoms with Gasteiger partial charge in [0.2, 0.25) is 5.91 Å². The molecule has 0 heterocycles. The van der Waals surface area contributed by atoms with Crippen molar-refractivity contribution in [3.63, 3.8) is 0 Å². The van der Waals surface area contributed by atoms with E-state index < -0.39 is 0 Å². The Morgan fingerprint density at radius 3 is 2.93 bits per heavy atom. The Kier molecular flexibility index (Phi) is 5.40. The molecule has 1 amide bonds. The van der Waals surface area contributed by atoms with Crippen molar-refractivity contribution in [1.29, 1.82) is 0 Å². The quantitative estimate of drug-likeness (QED) is 0.656. The molecule has 1 aliphatic rings. The minimum absolute atomic E-state index is 0.158. The Labute approximate surface area is 92.1 Å². The fraction of sp³-hybridized carbons (Fsp3) is 0.750. The lowest BCUT2D eigenvalue weighted by molar-refractivity contribution is -0.120. The number of allylic oxidation sites excluding steroid dienone is 1. The third-order valence-corrected chi connectivity index (χ3v) is 2.97. The average molecular weight is 210 g/mol. The van der Waals surface area contributed by atoms with E-state index in [4.69, 9.17) is 5.73 Å². The molecule has 0 aromatic carbocycles. The Hall–Kier alpha value is -0.830. The van der Waals surface area contributed by atoms with Gasteiger partial charge in [0, 0.05) is 0 Å². The second-order valence-corrected chi connectivity index (χ2v) is 4.18. The predicted octanol–water partition coefficient (Wildman–Crippen LogP) is 1.73. The number of carbonyl (C=O) groups excluding carboxylic acids is 1. The minimum atomic E-state index is -0.241. The normalized spacial score (nSPS) is 18.3. The van der Waals surface area contributed by atoms with Crippen LogP contribution in [0.4, 0.5) is 0 Å². The standard InChI is InChI=1S/C12H22N2O/c1-2-11(12(13)15)14-9-8-10-6-4-3-5-7-10/h6,11,14H,2-5,7-9H2,1H3,(H2,13,15). The van der Waals surface area contributed by atoms with E-state index in [1.54, 1.807) is 0 Å². The summed E-state index contributed by atoms with van der Waals surface area (Å²) in [6.45, 7) is 2.84. The van der Waals surface area contributed by atoms with Gasteiger partial charge in [-0.15, -0.1) is 0 Å². The van der Waals surface area contributed by atoms with Gasteiger partial charge in [-0.05, 0) is 45.1 Å². The van der Waals surface area contributed by atoms with Crippen LogP contribution in [-0.4, -0.2) is 18.5 Å². The van der Waals surface area contributed by atoms with Crippen LogP contribution in [0.1, 0.15) is 45.4 Å². The number of carbonyl (C=O) groups is 1. The van der Waals surface area contributed by atoms with Crippen LogP contribution in [-0.2, 0) is 4.79 Å². The van der Waals surface area contributed by atoms with Crippen LogP contribution in [0.25, 0.3) is 0 Å². The molecule has 3 heteroatoms.